The van der Waals surface area contributed by atoms with Gasteiger partial charge in [0.25, 0.3) is 0 Å². The van der Waals surface area contributed by atoms with Crippen LogP contribution in [-0.2, 0) is 0 Å². The summed E-state index contributed by atoms with van der Waals surface area (Å²) in [5.41, 5.74) is 1.84. The number of benzene rings is 1. The summed E-state index contributed by atoms with van der Waals surface area (Å²) in [5, 5.41) is 7.24. The van der Waals surface area contributed by atoms with Gasteiger partial charge in [-0.1, -0.05) is 25.4 Å². The monoisotopic (exact) mass is 304 g/mol. The van der Waals surface area contributed by atoms with E-state index in [1.165, 1.54) is 0 Å². The maximum absolute atomic E-state index is 5.88. The molecule has 4 nitrogen and oxygen atoms in total. The van der Waals surface area contributed by atoms with E-state index in [-0.39, 0.29) is 0 Å². The molecule has 0 radical (unpaired) electrons. The molecule has 0 amide bonds. The van der Waals surface area contributed by atoms with Gasteiger partial charge in [-0.2, -0.15) is 4.98 Å². The number of anilines is 3. The second-order valence-electron chi connectivity index (χ2n) is 5.46. The standard InChI is InChI=1S/C16H21ClN4/c1-11(2)8-9-18-15-10-12(3)19-16(21-15)20-14-6-4-13(17)5-7-14/h4-7,10-11H,8-9H2,1-3H3,(H2,18,19,20,21). The molecule has 0 spiro atoms. The van der Waals surface area contributed by atoms with E-state index < -0.39 is 0 Å². The van der Waals surface area contributed by atoms with Crippen molar-refractivity contribution >= 4 is 29.1 Å². The lowest BCUT2D eigenvalue weighted by atomic mass is 10.1. The van der Waals surface area contributed by atoms with E-state index in [2.05, 4.69) is 34.4 Å². The molecule has 0 atom stereocenters. The van der Waals surface area contributed by atoms with E-state index in [1.54, 1.807) is 0 Å². The minimum absolute atomic E-state index is 0.587. The van der Waals surface area contributed by atoms with Crippen molar-refractivity contribution in [1.82, 2.24) is 9.97 Å². The van der Waals surface area contributed by atoms with Gasteiger partial charge in [0, 0.05) is 29.0 Å². The highest BCUT2D eigenvalue weighted by Crippen LogP contribution is 2.18. The Bertz CT molecular complexity index is 581. The summed E-state index contributed by atoms with van der Waals surface area (Å²) in [6.45, 7) is 7.29. The maximum Gasteiger partial charge on any atom is 0.229 e. The van der Waals surface area contributed by atoms with Crippen molar-refractivity contribution in [3.63, 3.8) is 0 Å². The van der Waals surface area contributed by atoms with Gasteiger partial charge in [0.15, 0.2) is 0 Å². The van der Waals surface area contributed by atoms with Gasteiger partial charge >= 0.3 is 0 Å². The second-order valence-corrected chi connectivity index (χ2v) is 5.90. The molecule has 2 N–H and O–H groups in total. The van der Waals surface area contributed by atoms with Crippen molar-refractivity contribution in [2.75, 3.05) is 17.2 Å². The van der Waals surface area contributed by atoms with Gasteiger partial charge in [0.1, 0.15) is 5.82 Å². The van der Waals surface area contributed by atoms with Crippen LogP contribution in [0.2, 0.25) is 5.02 Å². The summed E-state index contributed by atoms with van der Waals surface area (Å²) in [7, 11) is 0. The van der Waals surface area contributed by atoms with Crippen molar-refractivity contribution in [2.24, 2.45) is 5.92 Å². The van der Waals surface area contributed by atoms with Gasteiger partial charge in [0.2, 0.25) is 5.95 Å². The minimum Gasteiger partial charge on any atom is -0.370 e. The summed E-state index contributed by atoms with van der Waals surface area (Å²) in [6.07, 6.45) is 1.11. The molecule has 5 heteroatoms. The molecule has 2 rings (SSSR count). The molecule has 0 aliphatic carbocycles. The van der Waals surface area contributed by atoms with Gasteiger partial charge in [-0.3, -0.25) is 0 Å². The zero-order valence-corrected chi connectivity index (χ0v) is 13.4. The van der Waals surface area contributed by atoms with Gasteiger partial charge in [-0.05, 0) is 43.5 Å². The zero-order valence-electron chi connectivity index (χ0n) is 12.7. The van der Waals surface area contributed by atoms with Gasteiger partial charge in [0.05, 0.1) is 0 Å². The van der Waals surface area contributed by atoms with E-state index in [9.17, 15) is 0 Å². The van der Waals surface area contributed by atoms with Crippen LogP contribution in [0.4, 0.5) is 17.5 Å². The van der Waals surface area contributed by atoms with Crippen LogP contribution in [0.3, 0.4) is 0 Å². The van der Waals surface area contributed by atoms with Crippen LogP contribution in [0.25, 0.3) is 0 Å². The van der Waals surface area contributed by atoms with Crippen LogP contribution in [0.5, 0.6) is 0 Å². The fraction of sp³-hybridized carbons (Fsp3) is 0.375. The average Bonchev–Trinajstić information content (AvgIpc) is 2.40. The first-order valence-electron chi connectivity index (χ1n) is 7.15. The van der Waals surface area contributed by atoms with Crippen molar-refractivity contribution in [1.29, 1.82) is 0 Å². The van der Waals surface area contributed by atoms with Gasteiger partial charge in [-0.25, -0.2) is 4.98 Å². The smallest absolute Gasteiger partial charge is 0.229 e. The number of hydrogen-bond acceptors (Lipinski definition) is 4. The lowest BCUT2D eigenvalue weighted by Crippen LogP contribution is -2.08. The normalized spacial score (nSPS) is 10.7. The van der Waals surface area contributed by atoms with Crippen molar-refractivity contribution in [3.8, 4) is 0 Å². The van der Waals surface area contributed by atoms with E-state index in [1.807, 2.05) is 37.3 Å². The molecule has 0 fully saturated rings. The van der Waals surface area contributed by atoms with Crippen LogP contribution in [0, 0.1) is 12.8 Å². The Hall–Kier alpha value is -1.81. The number of halogens is 1. The van der Waals surface area contributed by atoms with Crippen LogP contribution in [0.15, 0.2) is 30.3 Å². The topological polar surface area (TPSA) is 49.8 Å². The first-order chi connectivity index (χ1) is 10.0. The Balaban J connectivity index is 2.05. The van der Waals surface area contributed by atoms with Crippen molar-refractivity contribution in [3.05, 3.63) is 41.0 Å². The Morgan fingerprint density at radius 2 is 1.86 bits per heavy atom. The van der Waals surface area contributed by atoms with Crippen LogP contribution >= 0.6 is 11.6 Å². The quantitative estimate of drug-likeness (QED) is 0.816. The van der Waals surface area contributed by atoms with Gasteiger partial charge < -0.3 is 10.6 Å². The molecule has 0 aliphatic rings. The predicted molar refractivity (Wildman–Crippen MR) is 89.4 cm³/mol. The molecular weight excluding hydrogens is 284 g/mol. The summed E-state index contributed by atoms with van der Waals surface area (Å²) in [4.78, 5) is 8.88. The Morgan fingerprint density at radius 3 is 2.52 bits per heavy atom. The third kappa shape index (κ3) is 5.23. The minimum atomic E-state index is 0.587. The molecule has 0 bridgehead atoms. The lowest BCUT2D eigenvalue weighted by Gasteiger charge is -2.11. The third-order valence-electron chi connectivity index (χ3n) is 2.98. The van der Waals surface area contributed by atoms with E-state index in [0.717, 1.165) is 30.2 Å². The van der Waals surface area contributed by atoms with Crippen LogP contribution < -0.4 is 10.6 Å². The summed E-state index contributed by atoms with van der Waals surface area (Å²) in [6, 6.07) is 9.43. The summed E-state index contributed by atoms with van der Waals surface area (Å²) >= 11 is 5.88. The molecule has 0 saturated carbocycles. The molecule has 21 heavy (non-hydrogen) atoms. The SMILES string of the molecule is Cc1cc(NCCC(C)C)nc(Nc2ccc(Cl)cc2)n1. The van der Waals surface area contributed by atoms with Crippen LogP contribution in [-0.4, -0.2) is 16.5 Å². The summed E-state index contributed by atoms with van der Waals surface area (Å²) in [5.74, 6) is 2.11. The predicted octanol–water partition coefficient (Wildman–Crippen LogP) is 4.64. The Kier molecular flexibility index (Phi) is 5.39. The fourth-order valence-electron chi connectivity index (χ4n) is 1.87. The number of hydrogen-bond donors (Lipinski definition) is 2. The highest BCUT2D eigenvalue weighted by Gasteiger charge is 2.03. The largest absolute Gasteiger partial charge is 0.370 e. The molecule has 0 aliphatic heterocycles. The fourth-order valence-corrected chi connectivity index (χ4v) is 1.99. The average molecular weight is 305 g/mol. The number of nitrogens with one attached hydrogen (secondary N) is 2. The zero-order chi connectivity index (χ0) is 15.2. The number of nitrogens with zero attached hydrogens (tertiary/aromatic N) is 2. The summed E-state index contributed by atoms with van der Waals surface area (Å²) < 4.78 is 0. The molecule has 0 saturated heterocycles. The first-order valence-corrected chi connectivity index (χ1v) is 7.53. The molecule has 1 heterocycles. The van der Waals surface area contributed by atoms with Crippen LogP contribution in [0.1, 0.15) is 26.0 Å². The van der Waals surface area contributed by atoms with E-state index in [4.69, 9.17) is 11.6 Å². The van der Waals surface area contributed by atoms with Gasteiger partial charge in [-0.15, -0.1) is 0 Å². The molecule has 112 valence electrons. The first kappa shape index (κ1) is 15.6. The lowest BCUT2D eigenvalue weighted by molar-refractivity contribution is 0.606. The molecule has 0 unspecified atom stereocenters. The molecule has 1 aromatic carbocycles. The number of rotatable bonds is 6. The highest BCUT2D eigenvalue weighted by atomic mass is 35.5. The highest BCUT2D eigenvalue weighted by molar-refractivity contribution is 6.30. The Morgan fingerprint density at radius 1 is 1.14 bits per heavy atom. The molecule has 1 aromatic heterocycles. The molecule has 2 aromatic rings. The second kappa shape index (κ2) is 7.27. The Labute approximate surface area is 131 Å². The molecular formula is C16H21ClN4. The van der Waals surface area contributed by atoms with E-state index in [0.29, 0.717) is 16.9 Å². The third-order valence-corrected chi connectivity index (χ3v) is 3.23. The number of aromatic nitrogens is 2. The maximum atomic E-state index is 5.88. The van der Waals surface area contributed by atoms with Crippen molar-refractivity contribution in [2.45, 2.75) is 27.2 Å². The van der Waals surface area contributed by atoms with Crippen molar-refractivity contribution < 1.29 is 0 Å². The number of aryl methyl sites for hydroxylation is 1. The van der Waals surface area contributed by atoms with E-state index >= 15 is 0 Å².